The molecule has 0 radical (unpaired) electrons. The molecule has 0 N–H and O–H groups in total. The molecule has 0 saturated carbocycles. The number of morpholine rings is 1. The van der Waals surface area contributed by atoms with E-state index in [1.54, 1.807) is 18.6 Å². The maximum Gasteiger partial charge on any atom is 0.223 e. The van der Waals surface area contributed by atoms with E-state index >= 15 is 0 Å². The Kier molecular flexibility index (Phi) is 6.12. The Morgan fingerprint density at radius 1 is 1.14 bits per heavy atom. The van der Waals surface area contributed by atoms with Crippen LogP contribution >= 0.6 is 11.6 Å². The largest absolute Gasteiger partial charge is 0.368 e. The number of ether oxygens (including phenoxy) is 1. The van der Waals surface area contributed by atoms with Crippen molar-refractivity contribution in [2.75, 3.05) is 19.7 Å². The summed E-state index contributed by atoms with van der Waals surface area (Å²) in [6.45, 7) is 1.61. The third kappa shape index (κ3) is 4.96. The van der Waals surface area contributed by atoms with E-state index in [0.717, 1.165) is 22.4 Å². The lowest BCUT2D eigenvalue weighted by Crippen LogP contribution is -2.42. The van der Waals surface area contributed by atoms with Gasteiger partial charge in [-0.2, -0.15) is 0 Å². The second-order valence-electron chi connectivity index (χ2n) is 6.93. The van der Waals surface area contributed by atoms with Crippen molar-refractivity contribution in [1.29, 1.82) is 0 Å². The Morgan fingerprint density at radius 2 is 2.00 bits per heavy atom. The summed E-state index contributed by atoms with van der Waals surface area (Å²) in [5, 5.41) is 0.693. The minimum atomic E-state index is -0.222. The summed E-state index contributed by atoms with van der Waals surface area (Å²) in [5.41, 5.74) is 3.74. The van der Waals surface area contributed by atoms with Crippen LogP contribution in [0.1, 0.15) is 23.8 Å². The van der Waals surface area contributed by atoms with E-state index in [0.29, 0.717) is 37.6 Å². The number of pyridine rings is 1. The zero-order valence-corrected chi connectivity index (χ0v) is 16.6. The molecule has 1 amide bonds. The van der Waals surface area contributed by atoms with Crippen LogP contribution in [-0.2, 0) is 16.0 Å². The maximum absolute atomic E-state index is 12.7. The van der Waals surface area contributed by atoms with Crippen LogP contribution in [0.15, 0.2) is 61.3 Å². The highest BCUT2D eigenvalue weighted by Crippen LogP contribution is 2.24. The van der Waals surface area contributed by atoms with Crippen LogP contribution in [0.3, 0.4) is 0 Å². The van der Waals surface area contributed by atoms with Gasteiger partial charge in [0.1, 0.15) is 12.4 Å². The van der Waals surface area contributed by atoms with Gasteiger partial charge < -0.3 is 9.64 Å². The Labute approximate surface area is 174 Å². The SMILES string of the molecule is O=C(CCc1cccc(Cl)c1)N1CCO[C@@H](c2ccc(-c3cncnc3)cn2)C1. The summed E-state index contributed by atoms with van der Waals surface area (Å²) in [5.74, 6) is 0.122. The summed E-state index contributed by atoms with van der Waals surface area (Å²) in [4.78, 5) is 27.1. The lowest BCUT2D eigenvalue weighted by atomic mass is 10.1. The zero-order chi connectivity index (χ0) is 20.1. The van der Waals surface area contributed by atoms with E-state index in [2.05, 4.69) is 15.0 Å². The minimum Gasteiger partial charge on any atom is -0.368 e. The van der Waals surface area contributed by atoms with E-state index in [-0.39, 0.29) is 12.0 Å². The molecule has 3 heterocycles. The molecule has 148 valence electrons. The van der Waals surface area contributed by atoms with Crippen molar-refractivity contribution < 1.29 is 9.53 Å². The number of carbonyl (C=O) groups is 1. The van der Waals surface area contributed by atoms with E-state index in [1.807, 2.05) is 41.3 Å². The first-order chi connectivity index (χ1) is 14.2. The standard InChI is InChI=1S/C22H21ClN4O2/c23-19-3-1-2-16(10-19)4-7-22(28)27-8-9-29-21(14-27)20-6-5-17(13-26-20)18-11-24-15-25-12-18/h1-3,5-6,10-13,15,21H,4,7-9,14H2/t21-/m1/s1. The molecule has 1 aromatic carbocycles. The van der Waals surface area contributed by atoms with Crippen LogP contribution in [0.25, 0.3) is 11.1 Å². The third-order valence-electron chi connectivity index (χ3n) is 4.95. The van der Waals surface area contributed by atoms with Gasteiger partial charge in [-0.1, -0.05) is 29.8 Å². The Balaban J connectivity index is 1.37. The molecule has 0 spiro atoms. The van der Waals surface area contributed by atoms with Crippen LogP contribution < -0.4 is 0 Å². The molecular weight excluding hydrogens is 388 g/mol. The zero-order valence-electron chi connectivity index (χ0n) is 15.9. The van der Waals surface area contributed by atoms with Crippen LogP contribution in [-0.4, -0.2) is 45.5 Å². The molecule has 1 aliphatic rings. The molecule has 1 aliphatic heterocycles. The van der Waals surface area contributed by atoms with Crippen LogP contribution in [0.4, 0.5) is 0 Å². The van der Waals surface area contributed by atoms with Gasteiger partial charge in [-0.3, -0.25) is 9.78 Å². The van der Waals surface area contributed by atoms with Gasteiger partial charge >= 0.3 is 0 Å². The maximum atomic E-state index is 12.7. The summed E-state index contributed by atoms with van der Waals surface area (Å²) >= 11 is 6.02. The number of amides is 1. The quantitative estimate of drug-likeness (QED) is 0.643. The summed E-state index contributed by atoms with van der Waals surface area (Å²) < 4.78 is 5.87. The first-order valence-electron chi connectivity index (χ1n) is 9.54. The van der Waals surface area contributed by atoms with E-state index < -0.39 is 0 Å². The molecule has 1 fully saturated rings. The molecule has 0 aliphatic carbocycles. The predicted molar refractivity (Wildman–Crippen MR) is 110 cm³/mol. The van der Waals surface area contributed by atoms with Gasteiger partial charge in [0, 0.05) is 47.7 Å². The highest BCUT2D eigenvalue weighted by Gasteiger charge is 2.26. The molecule has 0 bridgehead atoms. The predicted octanol–water partition coefficient (Wildman–Crippen LogP) is 3.72. The van der Waals surface area contributed by atoms with Gasteiger partial charge in [-0.25, -0.2) is 9.97 Å². The van der Waals surface area contributed by atoms with E-state index in [9.17, 15) is 4.79 Å². The number of nitrogens with zero attached hydrogens (tertiary/aromatic N) is 4. The Morgan fingerprint density at radius 3 is 2.76 bits per heavy atom. The van der Waals surface area contributed by atoms with Crippen LogP contribution in [0.5, 0.6) is 0 Å². The normalized spacial score (nSPS) is 16.6. The van der Waals surface area contributed by atoms with Crippen molar-refractivity contribution in [2.24, 2.45) is 0 Å². The third-order valence-corrected chi connectivity index (χ3v) is 5.18. The second-order valence-corrected chi connectivity index (χ2v) is 7.36. The van der Waals surface area contributed by atoms with Crippen molar-refractivity contribution in [3.8, 4) is 11.1 Å². The lowest BCUT2D eigenvalue weighted by Gasteiger charge is -2.32. The topological polar surface area (TPSA) is 68.2 Å². The summed E-state index contributed by atoms with van der Waals surface area (Å²) in [7, 11) is 0. The van der Waals surface area contributed by atoms with Gasteiger partial charge in [0.05, 0.1) is 18.8 Å². The summed E-state index contributed by atoms with van der Waals surface area (Å²) in [6, 6.07) is 11.5. The van der Waals surface area contributed by atoms with Gasteiger partial charge in [0.25, 0.3) is 0 Å². The number of hydrogen-bond donors (Lipinski definition) is 0. The molecule has 29 heavy (non-hydrogen) atoms. The molecule has 2 aromatic heterocycles. The fraction of sp³-hybridized carbons (Fsp3) is 0.273. The highest BCUT2D eigenvalue weighted by atomic mass is 35.5. The summed E-state index contributed by atoms with van der Waals surface area (Å²) in [6.07, 6.45) is 7.69. The van der Waals surface area contributed by atoms with Gasteiger partial charge in [-0.05, 0) is 30.2 Å². The fourth-order valence-corrected chi connectivity index (χ4v) is 3.58. The Hall–Kier alpha value is -2.83. The molecule has 1 saturated heterocycles. The minimum absolute atomic E-state index is 0.122. The number of rotatable bonds is 5. The first kappa shape index (κ1) is 19.5. The number of aryl methyl sites for hydroxylation is 1. The number of benzene rings is 1. The van der Waals surface area contributed by atoms with Crippen LogP contribution in [0.2, 0.25) is 5.02 Å². The number of halogens is 1. The fourth-order valence-electron chi connectivity index (χ4n) is 3.37. The van der Waals surface area contributed by atoms with Gasteiger partial charge in [0.15, 0.2) is 0 Å². The van der Waals surface area contributed by atoms with Gasteiger partial charge in [0.2, 0.25) is 5.91 Å². The number of carbonyl (C=O) groups excluding carboxylic acids is 1. The molecule has 6 nitrogen and oxygen atoms in total. The highest BCUT2D eigenvalue weighted by molar-refractivity contribution is 6.30. The van der Waals surface area contributed by atoms with Crippen molar-refractivity contribution in [3.05, 3.63) is 77.6 Å². The van der Waals surface area contributed by atoms with E-state index in [4.69, 9.17) is 16.3 Å². The smallest absolute Gasteiger partial charge is 0.223 e. The lowest BCUT2D eigenvalue weighted by molar-refractivity contribution is -0.139. The van der Waals surface area contributed by atoms with Gasteiger partial charge in [-0.15, -0.1) is 0 Å². The van der Waals surface area contributed by atoms with Crippen LogP contribution in [0, 0.1) is 0 Å². The van der Waals surface area contributed by atoms with E-state index in [1.165, 1.54) is 6.33 Å². The molecule has 7 heteroatoms. The molecule has 1 atom stereocenters. The van der Waals surface area contributed by atoms with Crippen molar-refractivity contribution in [2.45, 2.75) is 18.9 Å². The number of hydrogen-bond acceptors (Lipinski definition) is 5. The van der Waals surface area contributed by atoms with Crippen molar-refractivity contribution in [3.63, 3.8) is 0 Å². The number of aromatic nitrogens is 3. The molecule has 0 unspecified atom stereocenters. The van der Waals surface area contributed by atoms with Crippen molar-refractivity contribution >= 4 is 17.5 Å². The molecular formula is C22H21ClN4O2. The average molecular weight is 409 g/mol. The average Bonchev–Trinajstić information content (AvgIpc) is 2.78. The molecule has 4 rings (SSSR count). The monoisotopic (exact) mass is 408 g/mol. The Bertz CT molecular complexity index is 966. The first-order valence-corrected chi connectivity index (χ1v) is 9.92. The van der Waals surface area contributed by atoms with Crippen molar-refractivity contribution in [1.82, 2.24) is 19.9 Å². The molecule has 3 aromatic rings. The second kappa shape index (κ2) is 9.11.